The van der Waals surface area contributed by atoms with E-state index in [1.54, 1.807) is 0 Å². The number of rotatable bonds is 8. The Kier molecular flexibility index (Phi) is 7.16. The van der Waals surface area contributed by atoms with Crippen molar-refractivity contribution >= 4 is 29.1 Å². The van der Waals surface area contributed by atoms with Crippen LogP contribution >= 0.6 is 11.8 Å². The van der Waals surface area contributed by atoms with E-state index >= 15 is 0 Å². The molecule has 2 rings (SSSR count). The molecule has 1 saturated carbocycles. The maximum atomic E-state index is 13.4. The molecule has 0 aromatic heterocycles. The van der Waals surface area contributed by atoms with E-state index < -0.39 is 23.4 Å². The fraction of sp³-hybridized carbons (Fsp3) is 0.474. The Labute approximate surface area is 165 Å². The molecule has 1 aromatic carbocycles. The maximum Gasteiger partial charge on any atom is 0.417 e. The lowest BCUT2D eigenvalue weighted by molar-refractivity contribution is -0.139. The molecule has 3 N–H and O–H groups in total. The lowest BCUT2D eigenvalue weighted by atomic mass is 9.96. The van der Waals surface area contributed by atoms with Gasteiger partial charge >= 0.3 is 6.18 Å². The smallest absolute Gasteiger partial charge is 0.417 e. The second-order valence-electron chi connectivity index (χ2n) is 6.44. The number of benzene rings is 1. The zero-order valence-electron chi connectivity index (χ0n) is 15.9. The van der Waals surface area contributed by atoms with Crippen molar-refractivity contribution < 1.29 is 27.8 Å². The summed E-state index contributed by atoms with van der Waals surface area (Å²) in [5.74, 6) is -0.924. The molecule has 0 aliphatic heterocycles. The summed E-state index contributed by atoms with van der Waals surface area (Å²) in [4.78, 5) is 12.2. The lowest BCUT2D eigenvalue weighted by Gasteiger charge is -2.19. The molecule has 154 valence electrons. The fourth-order valence-corrected chi connectivity index (χ4v) is 3.90. The lowest BCUT2D eigenvalue weighted by Crippen LogP contribution is -2.27. The van der Waals surface area contributed by atoms with Gasteiger partial charge in [-0.2, -0.15) is 13.2 Å². The summed E-state index contributed by atoms with van der Waals surface area (Å²) in [6.45, 7) is 1.74. The van der Waals surface area contributed by atoms with Crippen LogP contribution in [0.25, 0.3) is 5.76 Å². The fourth-order valence-electron chi connectivity index (χ4n) is 2.78. The van der Waals surface area contributed by atoms with E-state index in [0.29, 0.717) is 5.75 Å². The third kappa shape index (κ3) is 4.88. The second kappa shape index (κ2) is 9.00. The van der Waals surface area contributed by atoms with Crippen LogP contribution in [0.3, 0.4) is 0 Å². The monoisotopic (exact) mass is 416 g/mol. The number of ether oxygens (including phenoxy) is 1. The van der Waals surface area contributed by atoms with Crippen LogP contribution < -0.4 is 5.32 Å². The van der Waals surface area contributed by atoms with E-state index in [0.717, 1.165) is 36.7 Å². The van der Waals surface area contributed by atoms with Crippen molar-refractivity contribution in [2.45, 2.75) is 30.8 Å². The highest BCUT2D eigenvalue weighted by Gasteiger charge is 2.36. The van der Waals surface area contributed by atoms with Gasteiger partial charge < -0.3 is 20.6 Å². The number of thioether (sulfide) groups is 1. The van der Waals surface area contributed by atoms with Gasteiger partial charge in [-0.25, -0.2) is 0 Å². The Morgan fingerprint density at radius 1 is 1.39 bits per heavy atom. The van der Waals surface area contributed by atoms with E-state index in [2.05, 4.69) is 5.32 Å². The van der Waals surface area contributed by atoms with Gasteiger partial charge in [0.25, 0.3) is 5.91 Å². The van der Waals surface area contributed by atoms with Crippen molar-refractivity contribution in [3.63, 3.8) is 0 Å². The van der Waals surface area contributed by atoms with Crippen molar-refractivity contribution in [2.24, 2.45) is 5.92 Å². The van der Waals surface area contributed by atoms with Gasteiger partial charge in [0.1, 0.15) is 11.3 Å². The summed E-state index contributed by atoms with van der Waals surface area (Å²) in [7, 11) is 2.84. The number of alkyl halides is 3. The van der Waals surface area contributed by atoms with Crippen molar-refractivity contribution in [1.29, 1.82) is 5.41 Å². The molecule has 0 atom stereocenters. The minimum Gasteiger partial charge on any atom is -0.506 e. The van der Waals surface area contributed by atoms with Gasteiger partial charge in [-0.1, -0.05) is 6.07 Å². The van der Waals surface area contributed by atoms with Crippen LogP contribution in [-0.4, -0.2) is 43.2 Å². The quantitative estimate of drug-likeness (QED) is 0.195. The van der Waals surface area contributed by atoms with Gasteiger partial charge in [0, 0.05) is 36.3 Å². The number of aliphatic hydroxyl groups is 1. The molecule has 1 fully saturated rings. The number of amides is 1. The number of likely N-dealkylation sites (N-methyl/N-ethyl adjacent to an activating group) is 1. The normalized spacial score (nSPS) is 15.2. The number of carbonyl (C=O) groups excluding carboxylic acids is 1. The number of hydrogen-bond acceptors (Lipinski definition) is 5. The topological polar surface area (TPSA) is 82.4 Å². The minimum absolute atomic E-state index is 0.00438. The predicted octanol–water partition coefficient (Wildman–Crippen LogP) is 4.20. The molecule has 1 aliphatic carbocycles. The average Bonchev–Trinajstić information content (AvgIpc) is 3.47. The number of hydrogen-bond donors (Lipinski definition) is 3. The molecule has 28 heavy (non-hydrogen) atoms. The zero-order chi connectivity index (χ0) is 21.1. The molecule has 1 amide bonds. The molecule has 0 heterocycles. The molecule has 9 heteroatoms. The number of nitrogens with one attached hydrogen (secondary N) is 2. The Morgan fingerprint density at radius 3 is 2.54 bits per heavy atom. The van der Waals surface area contributed by atoms with Crippen LogP contribution in [0.5, 0.6) is 0 Å². The van der Waals surface area contributed by atoms with Gasteiger partial charge in [0.15, 0.2) is 0 Å². The molecule has 0 bridgehead atoms. The van der Waals surface area contributed by atoms with Crippen molar-refractivity contribution in [1.82, 2.24) is 5.32 Å². The highest BCUT2D eigenvalue weighted by atomic mass is 32.2. The van der Waals surface area contributed by atoms with E-state index in [-0.39, 0.29) is 39.8 Å². The van der Waals surface area contributed by atoms with E-state index in [9.17, 15) is 23.1 Å². The van der Waals surface area contributed by atoms with Gasteiger partial charge in [0.2, 0.25) is 0 Å². The summed E-state index contributed by atoms with van der Waals surface area (Å²) in [5, 5.41) is 21.4. The molecule has 1 aliphatic rings. The first-order valence-corrected chi connectivity index (χ1v) is 9.69. The highest BCUT2D eigenvalue weighted by Crippen LogP contribution is 2.41. The number of aliphatic hydroxyl groups excluding tert-OH is 1. The standard InChI is InChI=1S/C19H23F3N2O3S/c1-10-12(16(25)14(18(26)24-2)15(23)11-4-5-11)6-7-13(19(20,21)22)17(10)28-9-8-27-3/h6-7,11,23,25H,4-5,8-9H2,1-3H3,(H,24,26). The van der Waals surface area contributed by atoms with Gasteiger partial charge in [-0.15, -0.1) is 11.8 Å². The van der Waals surface area contributed by atoms with Gasteiger partial charge in [-0.3, -0.25) is 4.79 Å². The van der Waals surface area contributed by atoms with Crippen LogP contribution in [0.15, 0.2) is 22.6 Å². The summed E-state index contributed by atoms with van der Waals surface area (Å²) in [6, 6.07) is 2.05. The molecule has 1 aromatic rings. The average molecular weight is 416 g/mol. The van der Waals surface area contributed by atoms with Crippen LogP contribution in [0.2, 0.25) is 0 Å². The van der Waals surface area contributed by atoms with E-state index in [4.69, 9.17) is 10.1 Å². The number of carbonyl (C=O) groups is 1. The van der Waals surface area contributed by atoms with Crippen molar-refractivity contribution in [3.05, 3.63) is 34.4 Å². The molecular formula is C19H23F3N2O3S. The van der Waals surface area contributed by atoms with Crippen LogP contribution in [0, 0.1) is 18.3 Å². The number of halogens is 3. The summed E-state index contributed by atoms with van der Waals surface area (Å²) in [5.41, 5.74) is -0.679. The van der Waals surface area contributed by atoms with E-state index in [1.807, 2.05) is 0 Å². The number of methoxy groups -OCH3 is 1. The molecule has 5 nitrogen and oxygen atoms in total. The SMILES string of the molecule is CNC(=O)C(C(=N)C1CC1)=C(O)c1ccc(C(F)(F)F)c(SCCOC)c1C. The third-order valence-corrected chi connectivity index (χ3v) is 5.63. The first-order valence-electron chi connectivity index (χ1n) is 8.70. The van der Waals surface area contributed by atoms with Crippen LogP contribution in [0.1, 0.15) is 29.5 Å². The molecular weight excluding hydrogens is 393 g/mol. The maximum absolute atomic E-state index is 13.4. The largest absolute Gasteiger partial charge is 0.506 e. The Hall–Kier alpha value is -2.00. The first-order chi connectivity index (χ1) is 13.1. The summed E-state index contributed by atoms with van der Waals surface area (Å²) >= 11 is 0.977. The van der Waals surface area contributed by atoms with Crippen LogP contribution in [-0.2, 0) is 15.7 Å². The molecule has 0 unspecified atom stereocenters. The zero-order valence-corrected chi connectivity index (χ0v) is 16.7. The predicted molar refractivity (Wildman–Crippen MR) is 103 cm³/mol. The molecule has 0 saturated heterocycles. The van der Waals surface area contributed by atoms with Gasteiger partial charge in [0.05, 0.1) is 17.9 Å². The summed E-state index contributed by atoms with van der Waals surface area (Å²) in [6.07, 6.45) is -3.06. The first kappa shape index (κ1) is 22.3. The summed E-state index contributed by atoms with van der Waals surface area (Å²) < 4.78 is 45.2. The second-order valence-corrected chi connectivity index (χ2v) is 7.55. The Morgan fingerprint density at radius 2 is 2.04 bits per heavy atom. The molecule has 0 spiro atoms. The van der Waals surface area contributed by atoms with Crippen molar-refractivity contribution in [3.8, 4) is 0 Å². The van der Waals surface area contributed by atoms with Gasteiger partial charge in [-0.05, 0) is 31.4 Å². The molecule has 0 radical (unpaired) electrons. The minimum atomic E-state index is -4.55. The Bertz CT molecular complexity index is 802. The Balaban J connectivity index is 2.60. The third-order valence-electron chi connectivity index (χ3n) is 4.45. The van der Waals surface area contributed by atoms with E-state index in [1.165, 1.54) is 21.1 Å². The van der Waals surface area contributed by atoms with Crippen LogP contribution in [0.4, 0.5) is 13.2 Å². The van der Waals surface area contributed by atoms with Crippen molar-refractivity contribution in [2.75, 3.05) is 26.5 Å². The highest BCUT2D eigenvalue weighted by molar-refractivity contribution is 7.99.